The lowest BCUT2D eigenvalue weighted by molar-refractivity contribution is -0.142. The minimum absolute atomic E-state index is 0.209. The van der Waals surface area contributed by atoms with Gasteiger partial charge in [-0.2, -0.15) is 0 Å². The number of ether oxygens (including phenoxy) is 1. The summed E-state index contributed by atoms with van der Waals surface area (Å²) in [6.07, 6.45) is 1.18. The van der Waals surface area contributed by atoms with Gasteiger partial charge in [-0.1, -0.05) is 32.0 Å². The highest BCUT2D eigenvalue weighted by atomic mass is 16.5. The molecule has 0 fully saturated rings. The van der Waals surface area contributed by atoms with Crippen LogP contribution in [0.25, 0.3) is 0 Å². The normalized spacial score (nSPS) is 12.0. The van der Waals surface area contributed by atoms with Crippen LogP contribution in [-0.2, 0) is 16.0 Å². The molecule has 0 aromatic heterocycles. The van der Waals surface area contributed by atoms with Crippen LogP contribution in [-0.4, -0.2) is 30.1 Å². The Hall–Kier alpha value is -2.04. The van der Waals surface area contributed by atoms with Gasteiger partial charge in [-0.05, 0) is 30.4 Å². The summed E-state index contributed by atoms with van der Waals surface area (Å²) in [5.41, 5.74) is 0.936. The molecule has 0 aliphatic heterocycles. The number of rotatable bonds is 8. The summed E-state index contributed by atoms with van der Waals surface area (Å²) >= 11 is 0. The Morgan fingerprint density at radius 2 is 1.95 bits per heavy atom. The maximum atomic E-state index is 11.9. The second kappa shape index (κ2) is 8.29. The van der Waals surface area contributed by atoms with Gasteiger partial charge in [-0.25, -0.2) is 4.79 Å². The Balaban J connectivity index is 2.54. The Morgan fingerprint density at radius 1 is 1.29 bits per heavy atom. The van der Waals surface area contributed by atoms with Crippen molar-refractivity contribution in [2.75, 3.05) is 7.11 Å². The van der Waals surface area contributed by atoms with Crippen LogP contribution in [0.1, 0.15) is 32.3 Å². The smallest absolute Gasteiger partial charge is 0.326 e. The van der Waals surface area contributed by atoms with Crippen LogP contribution in [0.4, 0.5) is 0 Å². The Morgan fingerprint density at radius 3 is 2.52 bits per heavy atom. The van der Waals surface area contributed by atoms with Gasteiger partial charge < -0.3 is 15.2 Å². The molecule has 0 bridgehead atoms. The van der Waals surface area contributed by atoms with Gasteiger partial charge in [-0.15, -0.1) is 0 Å². The number of para-hydroxylation sites is 1. The summed E-state index contributed by atoms with van der Waals surface area (Å²) in [6.45, 7) is 3.86. The van der Waals surface area contributed by atoms with E-state index < -0.39 is 12.0 Å². The molecule has 116 valence electrons. The molecule has 1 aromatic carbocycles. The molecule has 0 aliphatic carbocycles. The van der Waals surface area contributed by atoms with Crippen molar-refractivity contribution in [2.45, 2.75) is 39.2 Å². The van der Waals surface area contributed by atoms with E-state index in [1.807, 2.05) is 38.1 Å². The van der Waals surface area contributed by atoms with E-state index in [2.05, 4.69) is 5.32 Å². The molecule has 5 heteroatoms. The summed E-state index contributed by atoms with van der Waals surface area (Å²) in [6, 6.07) is 6.66. The van der Waals surface area contributed by atoms with Crippen molar-refractivity contribution in [1.82, 2.24) is 5.32 Å². The predicted molar refractivity (Wildman–Crippen MR) is 80.3 cm³/mol. The van der Waals surface area contributed by atoms with E-state index in [1.54, 1.807) is 7.11 Å². The SMILES string of the molecule is COc1ccccc1CCC(=O)N[C@@H](CC(C)C)C(=O)O. The largest absolute Gasteiger partial charge is 0.496 e. The molecular formula is C16H23NO4. The third-order valence-electron chi connectivity index (χ3n) is 3.15. The van der Waals surface area contributed by atoms with Crippen LogP contribution in [0.3, 0.4) is 0 Å². The zero-order valence-corrected chi connectivity index (χ0v) is 12.8. The summed E-state index contributed by atoms with van der Waals surface area (Å²) in [5.74, 6) is -0.300. The molecule has 1 aromatic rings. The topological polar surface area (TPSA) is 75.6 Å². The number of aliphatic carboxylic acids is 1. The Bertz CT molecular complexity index is 485. The van der Waals surface area contributed by atoms with Crippen molar-refractivity contribution < 1.29 is 19.4 Å². The third-order valence-corrected chi connectivity index (χ3v) is 3.15. The fourth-order valence-corrected chi connectivity index (χ4v) is 2.12. The van der Waals surface area contributed by atoms with Crippen molar-refractivity contribution in [2.24, 2.45) is 5.92 Å². The van der Waals surface area contributed by atoms with E-state index in [4.69, 9.17) is 9.84 Å². The quantitative estimate of drug-likeness (QED) is 0.770. The molecule has 1 atom stereocenters. The minimum atomic E-state index is -0.991. The summed E-state index contributed by atoms with van der Waals surface area (Å²) < 4.78 is 5.22. The number of nitrogens with one attached hydrogen (secondary N) is 1. The fraction of sp³-hybridized carbons (Fsp3) is 0.500. The van der Waals surface area contributed by atoms with Crippen LogP contribution < -0.4 is 10.1 Å². The van der Waals surface area contributed by atoms with Crippen LogP contribution in [0.15, 0.2) is 24.3 Å². The van der Waals surface area contributed by atoms with Crippen molar-refractivity contribution in [3.63, 3.8) is 0 Å². The van der Waals surface area contributed by atoms with Gasteiger partial charge in [0, 0.05) is 6.42 Å². The molecular weight excluding hydrogens is 270 g/mol. The van der Waals surface area contributed by atoms with E-state index in [0.29, 0.717) is 12.8 Å². The highest BCUT2D eigenvalue weighted by Gasteiger charge is 2.20. The summed E-state index contributed by atoms with van der Waals surface area (Å²) in [7, 11) is 1.59. The third kappa shape index (κ3) is 5.85. The van der Waals surface area contributed by atoms with Crippen molar-refractivity contribution >= 4 is 11.9 Å². The summed E-state index contributed by atoms with van der Waals surface area (Å²) in [5, 5.41) is 11.7. The maximum absolute atomic E-state index is 11.9. The van der Waals surface area contributed by atoms with E-state index >= 15 is 0 Å². The highest BCUT2D eigenvalue weighted by molar-refractivity contribution is 5.83. The lowest BCUT2D eigenvalue weighted by Crippen LogP contribution is -2.41. The van der Waals surface area contributed by atoms with Gasteiger partial charge in [0.2, 0.25) is 5.91 Å². The van der Waals surface area contributed by atoms with Crippen molar-refractivity contribution in [1.29, 1.82) is 0 Å². The van der Waals surface area contributed by atoms with Gasteiger partial charge in [0.25, 0.3) is 0 Å². The lowest BCUT2D eigenvalue weighted by Gasteiger charge is -2.16. The van der Waals surface area contributed by atoms with E-state index in [0.717, 1.165) is 11.3 Å². The lowest BCUT2D eigenvalue weighted by atomic mass is 10.0. The van der Waals surface area contributed by atoms with Gasteiger partial charge in [0.15, 0.2) is 0 Å². The van der Waals surface area contributed by atoms with E-state index in [-0.39, 0.29) is 18.2 Å². The van der Waals surface area contributed by atoms with Crippen LogP contribution >= 0.6 is 0 Å². The first-order valence-corrected chi connectivity index (χ1v) is 7.08. The molecule has 5 nitrogen and oxygen atoms in total. The number of hydrogen-bond acceptors (Lipinski definition) is 3. The number of methoxy groups -OCH3 is 1. The number of benzene rings is 1. The standard InChI is InChI=1S/C16H23NO4/c1-11(2)10-13(16(19)20)17-15(18)9-8-12-6-4-5-7-14(12)21-3/h4-7,11,13H,8-10H2,1-3H3,(H,17,18)(H,19,20)/t13-/m0/s1. The van der Waals surface area contributed by atoms with E-state index in [9.17, 15) is 9.59 Å². The van der Waals surface area contributed by atoms with Crippen molar-refractivity contribution in [3.05, 3.63) is 29.8 Å². The number of carbonyl (C=O) groups excluding carboxylic acids is 1. The molecule has 1 rings (SSSR count). The first-order valence-electron chi connectivity index (χ1n) is 7.08. The molecule has 0 radical (unpaired) electrons. The Labute approximate surface area is 125 Å². The molecule has 0 heterocycles. The molecule has 2 N–H and O–H groups in total. The molecule has 1 amide bonds. The first-order chi connectivity index (χ1) is 9.93. The number of hydrogen-bond donors (Lipinski definition) is 2. The maximum Gasteiger partial charge on any atom is 0.326 e. The second-order valence-electron chi connectivity index (χ2n) is 5.40. The van der Waals surface area contributed by atoms with E-state index in [1.165, 1.54) is 0 Å². The highest BCUT2D eigenvalue weighted by Crippen LogP contribution is 2.18. The average molecular weight is 293 g/mol. The average Bonchev–Trinajstić information content (AvgIpc) is 2.44. The molecule has 0 saturated heterocycles. The monoisotopic (exact) mass is 293 g/mol. The number of carbonyl (C=O) groups is 2. The fourth-order valence-electron chi connectivity index (χ4n) is 2.12. The first kappa shape index (κ1) is 17.0. The zero-order valence-electron chi connectivity index (χ0n) is 12.8. The van der Waals surface area contributed by atoms with Gasteiger partial charge in [0.05, 0.1) is 7.11 Å². The molecule has 21 heavy (non-hydrogen) atoms. The van der Waals surface area contributed by atoms with Gasteiger partial charge in [0.1, 0.15) is 11.8 Å². The molecule has 0 unspecified atom stereocenters. The second-order valence-corrected chi connectivity index (χ2v) is 5.40. The molecule has 0 spiro atoms. The Kier molecular flexibility index (Phi) is 6.72. The summed E-state index contributed by atoms with van der Waals surface area (Å²) in [4.78, 5) is 23.0. The van der Waals surface area contributed by atoms with Crippen LogP contribution in [0, 0.1) is 5.92 Å². The van der Waals surface area contributed by atoms with Gasteiger partial charge in [-0.3, -0.25) is 4.79 Å². The van der Waals surface area contributed by atoms with Crippen molar-refractivity contribution in [3.8, 4) is 5.75 Å². The van der Waals surface area contributed by atoms with Crippen LogP contribution in [0.2, 0.25) is 0 Å². The number of aryl methyl sites for hydroxylation is 1. The predicted octanol–water partition coefficient (Wildman–Crippen LogP) is 2.24. The number of carboxylic acid groups (broad SMARTS) is 1. The molecule has 0 aliphatic rings. The van der Waals surface area contributed by atoms with Gasteiger partial charge >= 0.3 is 5.97 Å². The zero-order chi connectivity index (χ0) is 15.8. The molecule has 0 saturated carbocycles. The number of carboxylic acids is 1. The minimum Gasteiger partial charge on any atom is -0.496 e. The van der Waals surface area contributed by atoms with Crippen LogP contribution in [0.5, 0.6) is 5.75 Å². The number of amides is 1.